The Hall–Kier alpha value is -0.520. The van der Waals surface area contributed by atoms with E-state index in [1.807, 2.05) is 0 Å². The first-order valence-corrected chi connectivity index (χ1v) is 4.98. The van der Waals surface area contributed by atoms with Gasteiger partial charge in [0.2, 0.25) is 0 Å². The maximum atomic E-state index is 9.97. The molecule has 0 aromatic heterocycles. The summed E-state index contributed by atoms with van der Waals surface area (Å²) in [6, 6.07) is 0.583. The number of nitrogens with zero attached hydrogens (tertiary/aromatic N) is 1. The molecule has 0 amide bonds. The lowest BCUT2D eigenvalue weighted by atomic mass is 9.91. The minimum atomic E-state index is -0.708. The quantitative estimate of drug-likeness (QED) is 0.615. The van der Waals surface area contributed by atoms with E-state index in [1.54, 1.807) is 6.92 Å². The zero-order valence-electron chi connectivity index (χ0n) is 8.80. The van der Waals surface area contributed by atoms with E-state index in [2.05, 4.69) is 30.6 Å². The highest BCUT2D eigenvalue weighted by atomic mass is 16.3. The van der Waals surface area contributed by atoms with E-state index in [1.165, 1.54) is 0 Å². The van der Waals surface area contributed by atoms with Gasteiger partial charge in [-0.1, -0.05) is 5.92 Å². The van der Waals surface area contributed by atoms with E-state index in [-0.39, 0.29) is 0 Å². The summed E-state index contributed by atoms with van der Waals surface area (Å²) in [5, 5.41) is 9.97. The third kappa shape index (κ3) is 2.72. The second-order valence-corrected chi connectivity index (χ2v) is 4.04. The summed E-state index contributed by atoms with van der Waals surface area (Å²) < 4.78 is 0. The molecule has 0 bridgehead atoms. The lowest BCUT2D eigenvalue weighted by Crippen LogP contribution is -2.46. The highest BCUT2D eigenvalue weighted by Crippen LogP contribution is 2.22. The van der Waals surface area contributed by atoms with Gasteiger partial charge in [-0.3, -0.25) is 0 Å². The molecule has 1 heterocycles. The smallest absolute Gasteiger partial charge is 0.127 e. The van der Waals surface area contributed by atoms with Crippen LogP contribution in [0.1, 0.15) is 33.6 Å². The van der Waals surface area contributed by atoms with E-state index in [9.17, 15) is 5.11 Å². The second-order valence-electron chi connectivity index (χ2n) is 4.04. The molecule has 0 aliphatic carbocycles. The molecule has 0 atom stereocenters. The largest absolute Gasteiger partial charge is 0.378 e. The van der Waals surface area contributed by atoms with Gasteiger partial charge < -0.3 is 10.0 Å². The van der Waals surface area contributed by atoms with Gasteiger partial charge in [-0.25, -0.2) is 0 Å². The molecule has 0 radical (unpaired) electrons. The molecular weight excluding hydrogens is 162 g/mol. The van der Waals surface area contributed by atoms with Crippen LogP contribution >= 0.6 is 0 Å². The van der Waals surface area contributed by atoms with Gasteiger partial charge in [0.15, 0.2) is 0 Å². The summed E-state index contributed by atoms with van der Waals surface area (Å²) in [4.78, 5) is 2.38. The third-order valence-electron chi connectivity index (χ3n) is 2.71. The van der Waals surface area contributed by atoms with Crippen molar-refractivity contribution >= 4 is 0 Å². The van der Waals surface area contributed by atoms with Crippen LogP contribution in [0.2, 0.25) is 0 Å². The Bertz CT molecular complexity index is 216. The molecule has 1 saturated heterocycles. The number of hydrogen-bond acceptors (Lipinski definition) is 2. The molecule has 0 spiro atoms. The standard InChI is InChI=1S/C11H19NO/c1-4-5-11(13)6-8-12(9-7-11)10(2)3/h10,13H,6-9H2,1-3H3. The van der Waals surface area contributed by atoms with E-state index in [0.717, 1.165) is 25.9 Å². The summed E-state index contributed by atoms with van der Waals surface area (Å²) in [6.07, 6.45) is 1.57. The van der Waals surface area contributed by atoms with Crippen molar-refractivity contribution in [3.63, 3.8) is 0 Å². The Morgan fingerprint density at radius 1 is 1.31 bits per heavy atom. The van der Waals surface area contributed by atoms with Crippen molar-refractivity contribution in [1.82, 2.24) is 4.90 Å². The molecule has 1 N–H and O–H groups in total. The average Bonchev–Trinajstić information content (AvgIpc) is 2.05. The molecule has 13 heavy (non-hydrogen) atoms. The predicted molar refractivity (Wildman–Crippen MR) is 54.3 cm³/mol. The molecular formula is C11H19NO. The molecule has 0 unspecified atom stereocenters. The normalized spacial score (nSPS) is 22.5. The van der Waals surface area contributed by atoms with Crippen molar-refractivity contribution in [3.8, 4) is 11.8 Å². The Morgan fingerprint density at radius 3 is 2.23 bits per heavy atom. The van der Waals surface area contributed by atoms with Gasteiger partial charge in [-0.15, -0.1) is 5.92 Å². The number of piperidine rings is 1. The van der Waals surface area contributed by atoms with E-state index < -0.39 is 5.60 Å². The van der Waals surface area contributed by atoms with Crippen LogP contribution in [0.25, 0.3) is 0 Å². The average molecular weight is 181 g/mol. The first-order valence-electron chi connectivity index (χ1n) is 4.98. The second kappa shape index (κ2) is 4.13. The fourth-order valence-corrected chi connectivity index (χ4v) is 1.77. The van der Waals surface area contributed by atoms with Crippen molar-refractivity contribution in [1.29, 1.82) is 0 Å². The zero-order valence-corrected chi connectivity index (χ0v) is 8.80. The summed E-state index contributed by atoms with van der Waals surface area (Å²) in [6.45, 7) is 8.09. The summed E-state index contributed by atoms with van der Waals surface area (Å²) in [5.41, 5.74) is -0.708. The van der Waals surface area contributed by atoms with Gasteiger partial charge in [0.25, 0.3) is 0 Å². The molecule has 1 fully saturated rings. The van der Waals surface area contributed by atoms with Crippen molar-refractivity contribution < 1.29 is 5.11 Å². The van der Waals surface area contributed by atoms with Crippen molar-refractivity contribution in [2.75, 3.05) is 13.1 Å². The van der Waals surface area contributed by atoms with Gasteiger partial charge in [-0.2, -0.15) is 0 Å². The number of hydrogen-bond donors (Lipinski definition) is 1. The zero-order chi connectivity index (χ0) is 9.90. The van der Waals surface area contributed by atoms with Gasteiger partial charge in [0.1, 0.15) is 5.60 Å². The molecule has 0 aromatic rings. The van der Waals surface area contributed by atoms with Crippen LogP contribution in [0.3, 0.4) is 0 Å². The lowest BCUT2D eigenvalue weighted by Gasteiger charge is -2.37. The first kappa shape index (κ1) is 10.6. The SMILES string of the molecule is CC#CC1(O)CCN(C(C)C)CC1. The van der Waals surface area contributed by atoms with Crippen molar-refractivity contribution in [2.24, 2.45) is 0 Å². The van der Waals surface area contributed by atoms with Crippen LogP contribution < -0.4 is 0 Å². The minimum Gasteiger partial charge on any atom is -0.378 e. The Kier molecular flexibility index (Phi) is 3.35. The number of likely N-dealkylation sites (tertiary alicyclic amines) is 1. The van der Waals surface area contributed by atoms with Crippen LogP contribution in [-0.2, 0) is 0 Å². The Morgan fingerprint density at radius 2 is 1.85 bits per heavy atom. The monoisotopic (exact) mass is 181 g/mol. The lowest BCUT2D eigenvalue weighted by molar-refractivity contribution is 0.0178. The number of aliphatic hydroxyl groups is 1. The van der Waals surface area contributed by atoms with Gasteiger partial charge in [-0.05, 0) is 20.8 Å². The summed E-state index contributed by atoms with van der Waals surface area (Å²) in [5.74, 6) is 5.70. The van der Waals surface area contributed by atoms with Crippen molar-refractivity contribution in [3.05, 3.63) is 0 Å². The topological polar surface area (TPSA) is 23.5 Å². The van der Waals surface area contributed by atoms with E-state index in [4.69, 9.17) is 0 Å². The van der Waals surface area contributed by atoms with Crippen LogP contribution in [0.4, 0.5) is 0 Å². The Labute approximate surface area is 80.9 Å². The maximum absolute atomic E-state index is 9.97. The van der Waals surface area contributed by atoms with E-state index >= 15 is 0 Å². The highest BCUT2D eigenvalue weighted by molar-refractivity contribution is 5.13. The van der Waals surface area contributed by atoms with Crippen LogP contribution in [0, 0.1) is 11.8 Å². The van der Waals surface area contributed by atoms with Crippen LogP contribution in [0.15, 0.2) is 0 Å². The molecule has 1 aliphatic heterocycles. The first-order chi connectivity index (χ1) is 6.07. The molecule has 1 rings (SSSR count). The third-order valence-corrected chi connectivity index (χ3v) is 2.71. The fraction of sp³-hybridized carbons (Fsp3) is 0.818. The molecule has 0 aromatic carbocycles. The molecule has 2 nitrogen and oxygen atoms in total. The molecule has 2 heteroatoms. The van der Waals surface area contributed by atoms with E-state index in [0.29, 0.717) is 6.04 Å². The fourth-order valence-electron chi connectivity index (χ4n) is 1.77. The van der Waals surface area contributed by atoms with Gasteiger partial charge >= 0.3 is 0 Å². The Balaban J connectivity index is 2.50. The van der Waals surface area contributed by atoms with Gasteiger partial charge in [0, 0.05) is 32.0 Å². The summed E-state index contributed by atoms with van der Waals surface area (Å²) >= 11 is 0. The maximum Gasteiger partial charge on any atom is 0.127 e. The van der Waals surface area contributed by atoms with Gasteiger partial charge in [0.05, 0.1) is 0 Å². The minimum absolute atomic E-state index is 0.583. The van der Waals surface area contributed by atoms with Crippen LogP contribution in [-0.4, -0.2) is 34.7 Å². The van der Waals surface area contributed by atoms with Crippen LogP contribution in [0.5, 0.6) is 0 Å². The summed E-state index contributed by atoms with van der Waals surface area (Å²) in [7, 11) is 0. The molecule has 74 valence electrons. The van der Waals surface area contributed by atoms with Crippen molar-refractivity contribution in [2.45, 2.75) is 45.3 Å². The number of rotatable bonds is 1. The predicted octanol–water partition coefficient (Wildman–Crippen LogP) is 1.25. The molecule has 1 aliphatic rings. The molecule has 0 saturated carbocycles. The highest BCUT2D eigenvalue weighted by Gasteiger charge is 2.30.